The number of morpholine rings is 1. The zero-order chi connectivity index (χ0) is 12.3. The molecular formula is C10H18N2O4. The van der Waals surface area contributed by atoms with Gasteiger partial charge in [-0.05, 0) is 5.92 Å². The first-order valence-electron chi connectivity index (χ1n) is 5.31. The fraction of sp³-hybridized carbons (Fsp3) is 0.800. The van der Waals surface area contributed by atoms with Crippen LogP contribution in [0.4, 0.5) is 0 Å². The summed E-state index contributed by atoms with van der Waals surface area (Å²) in [6, 6.07) is -1.56. The molecule has 6 nitrogen and oxygen atoms in total. The standard InChI is InChI=1S/C10H18N2O4/c1-6(2)8(11)9(13)12-3-4-16-5-7(12)10(14)15/h6-8H,3-5,11H2,1-2H3,(H,14,15). The lowest BCUT2D eigenvalue weighted by molar-refractivity contribution is -0.159. The van der Waals surface area contributed by atoms with Crippen LogP contribution in [0.2, 0.25) is 0 Å². The van der Waals surface area contributed by atoms with Gasteiger partial charge in [-0.2, -0.15) is 0 Å². The molecule has 0 saturated carbocycles. The van der Waals surface area contributed by atoms with Crippen LogP contribution >= 0.6 is 0 Å². The van der Waals surface area contributed by atoms with E-state index >= 15 is 0 Å². The topological polar surface area (TPSA) is 92.9 Å². The summed E-state index contributed by atoms with van der Waals surface area (Å²) < 4.78 is 5.05. The third-order valence-electron chi connectivity index (χ3n) is 2.70. The number of aliphatic carboxylic acids is 1. The molecule has 92 valence electrons. The van der Waals surface area contributed by atoms with Crippen molar-refractivity contribution in [2.45, 2.75) is 25.9 Å². The van der Waals surface area contributed by atoms with Gasteiger partial charge in [0, 0.05) is 6.54 Å². The average Bonchev–Trinajstić information content (AvgIpc) is 2.26. The first-order chi connectivity index (χ1) is 7.45. The molecule has 2 atom stereocenters. The third-order valence-corrected chi connectivity index (χ3v) is 2.70. The van der Waals surface area contributed by atoms with Crippen LogP contribution in [-0.2, 0) is 14.3 Å². The second kappa shape index (κ2) is 5.27. The molecule has 1 amide bonds. The van der Waals surface area contributed by atoms with E-state index in [0.717, 1.165) is 0 Å². The highest BCUT2D eigenvalue weighted by atomic mass is 16.5. The number of carbonyl (C=O) groups excluding carboxylic acids is 1. The maximum absolute atomic E-state index is 11.9. The second-order valence-corrected chi connectivity index (χ2v) is 4.23. The Balaban J connectivity index is 2.75. The Bertz CT molecular complexity index is 280. The molecule has 1 heterocycles. The highest BCUT2D eigenvalue weighted by Crippen LogP contribution is 2.11. The fourth-order valence-electron chi connectivity index (χ4n) is 1.55. The summed E-state index contributed by atoms with van der Waals surface area (Å²) in [7, 11) is 0. The minimum Gasteiger partial charge on any atom is -0.480 e. The van der Waals surface area contributed by atoms with Gasteiger partial charge >= 0.3 is 5.97 Å². The molecule has 0 aromatic heterocycles. The third kappa shape index (κ3) is 2.70. The molecule has 6 heteroatoms. The number of nitrogens with two attached hydrogens (primary N) is 1. The summed E-state index contributed by atoms with van der Waals surface area (Å²) >= 11 is 0. The molecule has 0 spiro atoms. The van der Waals surface area contributed by atoms with Crippen LogP contribution < -0.4 is 5.73 Å². The summed E-state index contributed by atoms with van der Waals surface area (Å²) in [6.45, 7) is 4.35. The quantitative estimate of drug-likeness (QED) is 0.667. The van der Waals surface area contributed by atoms with E-state index in [2.05, 4.69) is 0 Å². The maximum Gasteiger partial charge on any atom is 0.328 e. The normalized spacial score (nSPS) is 23.2. The van der Waals surface area contributed by atoms with Crippen LogP contribution in [-0.4, -0.2) is 53.7 Å². The molecule has 1 fully saturated rings. The molecule has 2 unspecified atom stereocenters. The first kappa shape index (κ1) is 12.9. The van der Waals surface area contributed by atoms with Gasteiger partial charge in [0.2, 0.25) is 5.91 Å². The SMILES string of the molecule is CC(C)C(N)C(=O)N1CCOCC1C(=O)O. The van der Waals surface area contributed by atoms with Crippen molar-refractivity contribution in [1.29, 1.82) is 0 Å². The predicted octanol–water partition coefficient (Wildman–Crippen LogP) is -0.718. The molecule has 0 radical (unpaired) electrons. The van der Waals surface area contributed by atoms with Crippen molar-refractivity contribution < 1.29 is 19.4 Å². The van der Waals surface area contributed by atoms with E-state index in [4.69, 9.17) is 15.6 Å². The Labute approximate surface area is 94.3 Å². The van der Waals surface area contributed by atoms with E-state index in [-0.39, 0.29) is 25.0 Å². The Hall–Kier alpha value is -1.14. The fourth-order valence-corrected chi connectivity index (χ4v) is 1.55. The lowest BCUT2D eigenvalue weighted by atomic mass is 10.0. The highest BCUT2D eigenvalue weighted by molar-refractivity contribution is 5.87. The lowest BCUT2D eigenvalue weighted by Gasteiger charge is -2.35. The Morgan fingerprint density at radius 2 is 2.12 bits per heavy atom. The zero-order valence-corrected chi connectivity index (χ0v) is 9.55. The summed E-state index contributed by atoms with van der Waals surface area (Å²) in [5, 5.41) is 8.96. The van der Waals surface area contributed by atoms with Crippen LogP contribution in [0.5, 0.6) is 0 Å². The van der Waals surface area contributed by atoms with E-state index in [1.807, 2.05) is 13.8 Å². The van der Waals surface area contributed by atoms with E-state index in [1.165, 1.54) is 4.90 Å². The van der Waals surface area contributed by atoms with Crippen molar-refractivity contribution in [2.75, 3.05) is 19.8 Å². The molecule has 0 aliphatic carbocycles. The molecule has 1 rings (SSSR count). The van der Waals surface area contributed by atoms with Gasteiger partial charge in [0.25, 0.3) is 0 Å². The number of hydrogen-bond acceptors (Lipinski definition) is 4. The summed E-state index contributed by atoms with van der Waals surface area (Å²) in [6.07, 6.45) is 0. The number of ether oxygens (including phenoxy) is 1. The molecule has 0 bridgehead atoms. The van der Waals surface area contributed by atoms with Crippen LogP contribution in [0.25, 0.3) is 0 Å². The number of nitrogens with zero attached hydrogens (tertiary/aromatic N) is 1. The largest absolute Gasteiger partial charge is 0.480 e. The zero-order valence-electron chi connectivity index (χ0n) is 9.55. The van der Waals surface area contributed by atoms with Gasteiger partial charge < -0.3 is 20.5 Å². The van der Waals surface area contributed by atoms with Crippen molar-refractivity contribution in [3.8, 4) is 0 Å². The van der Waals surface area contributed by atoms with Gasteiger partial charge in [-0.3, -0.25) is 4.79 Å². The molecule has 3 N–H and O–H groups in total. The molecule has 1 aliphatic rings. The van der Waals surface area contributed by atoms with Crippen LogP contribution in [0.1, 0.15) is 13.8 Å². The van der Waals surface area contributed by atoms with E-state index in [9.17, 15) is 9.59 Å². The minimum absolute atomic E-state index is 0.00945. The lowest BCUT2D eigenvalue weighted by Crippen LogP contribution is -2.57. The van der Waals surface area contributed by atoms with Gasteiger partial charge in [0.1, 0.15) is 0 Å². The van der Waals surface area contributed by atoms with Gasteiger partial charge in [-0.15, -0.1) is 0 Å². The molecule has 16 heavy (non-hydrogen) atoms. The molecule has 0 aromatic carbocycles. The van der Waals surface area contributed by atoms with Gasteiger partial charge in [0.15, 0.2) is 6.04 Å². The van der Waals surface area contributed by atoms with E-state index < -0.39 is 18.1 Å². The summed E-state index contributed by atoms with van der Waals surface area (Å²) in [4.78, 5) is 24.2. The van der Waals surface area contributed by atoms with Gasteiger partial charge in [-0.25, -0.2) is 4.79 Å². The first-order valence-corrected chi connectivity index (χ1v) is 5.31. The molecular weight excluding hydrogens is 212 g/mol. The predicted molar refractivity (Wildman–Crippen MR) is 56.8 cm³/mol. The van der Waals surface area contributed by atoms with Crippen molar-refractivity contribution in [3.63, 3.8) is 0 Å². The van der Waals surface area contributed by atoms with E-state index in [1.54, 1.807) is 0 Å². The number of rotatable bonds is 3. The number of hydrogen-bond donors (Lipinski definition) is 2. The second-order valence-electron chi connectivity index (χ2n) is 4.23. The molecule has 0 aromatic rings. The number of carboxylic acid groups (broad SMARTS) is 1. The number of carboxylic acids is 1. The van der Waals surface area contributed by atoms with E-state index in [0.29, 0.717) is 6.61 Å². The Morgan fingerprint density at radius 1 is 1.50 bits per heavy atom. The average molecular weight is 230 g/mol. The van der Waals surface area contributed by atoms with Crippen molar-refractivity contribution in [3.05, 3.63) is 0 Å². The minimum atomic E-state index is -1.05. The Morgan fingerprint density at radius 3 is 2.62 bits per heavy atom. The van der Waals surface area contributed by atoms with Crippen molar-refractivity contribution >= 4 is 11.9 Å². The molecule has 1 aliphatic heterocycles. The molecule has 1 saturated heterocycles. The summed E-state index contributed by atoms with van der Waals surface area (Å²) in [5.41, 5.74) is 5.73. The Kier molecular flexibility index (Phi) is 4.26. The summed E-state index contributed by atoms with van der Waals surface area (Å²) in [5.74, 6) is -1.38. The van der Waals surface area contributed by atoms with Gasteiger partial charge in [-0.1, -0.05) is 13.8 Å². The van der Waals surface area contributed by atoms with Crippen LogP contribution in [0.15, 0.2) is 0 Å². The number of carbonyl (C=O) groups is 2. The van der Waals surface area contributed by atoms with Crippen molar-refractivity contribution in [1.82, 2.24) is 4.90 Å². The number of amides is 1. The van der Waals surface area contributed by atoms with Crippen LogP contribution in [0.3, 0.4) is 0 Å². The highest BCUT2D eigenvalue weighted by Gasteiger charge is 2.35. The maximum atomic E-state index is 11.9. The van der Waals surface area contributed by atoms with Gasteiger partial charge in [0.05, 0.1) is 19.3 Å². The monoisotopic (exact) mass is 230 g/mol. The van der Waals surface area contributed by atoms with Crippen LogP contribution in [0, 0.1) is 5.92 Å². The van der Waals surface area contributed by atoms with Crippen molar-refractivity contribution in [2.24, 2.45) is 11.7 Å². The smallest absolute Gasteiger partial charge is 0.328 e.